The van der Waals surface area contributed by atoms with Gasteiger partial charge in [-0.1, -0.05) is 31.2 Å². The molecule has 0 bridgehead atoms. The Morgan fingerprint density at radius 2 is 1.80 bits per heavy atom. The van der Waals surface area contributed by atoms with Gasteiger partial charge in [0.2, 0.25) is 0 Å². The normalized spacial score (nSPS) is 12.2. The van der Waals surface area contributed by atoms with Gasteiger partial charge in [0.25, 0.3) is 5.91 Å². The van der Waals surface area contributed by atoms with Crippen LogP contribution < -0.4 is 15.8 Å². The van der Waals surface area contributed by atoms with Crippen molar-refractivity contribution in [3.63, 3.8) is 0 Å². The van der Waals surface area contributed by atoms with Crippen LogP contribution in [0.25, 0.3) is 22.2 Å². The summed E-state index contributed by atoms with van der Waals surface area (Å²) in [5.74, 6) is 0.908. The van der Waals surface area contributed by atoms with Crippen LogP contribution in [-0.4, -0.2) is 33.6 Å². The summed E-state index contributed by atoms with van der Waals surface area (Å²) in [4.78, 5) is 22.6. The number of rotatable bonds is 6. The van der Waals surface area contributed by atoms with E-state index in [0.717, 1.165) is 28.8 Å². The molecule has 0 fully saturated rings. The van der Waals surface area contributed by atoms with Crippen molar-refractivity contribution in [1.29, 1.82) is 0 Å². The number of anilines is 1. The summed E-state index contributed by atoms with van der Waals surface area (Å²) in [5.41, 5.74) is 10.5. The Bertz CT molecular complexity index is 1210. The van der Waals surface area contributed by atoms with Crippen molar-refractivity contribution in [2.24, 2.45) is 0 Å². The molecule has 4 aromatic rings. The zero-order valence-electron chi connectivity index (χ0n) is 17.3. The molecule has 1 atom stereocenters. The smallest absolute Gasteiger partial charge is 0.257 e. The van der Waals surface area contributed by atoms with E-state index in [-0.39, 0.29) is 11.9 Å². The van der Waals surface area contributed by atoms with Crippen molar-refractivity contribution in [3.8, 4) is 5.75 Å². The van der Waals surface area contributed by atoms with Gasteiger partial charge >= 0.3 is 0 Å². The van der Waals surface area contributed by atoms with E-state index in [0.29, 0.717) is 29.1 Å². The van der Waals surface area contributed by atoms with Crippen LogP contribution in [0.5, 0.6) is 5.75 Å². The second-order valence-corrected chi connectivity index (χ2v) is 7.36. The molecular weight excluding hydrogens is 378 g/mol. The number of fused-ring (bicyclic) bond motifs is 2. The Kier molecular flexibility index (Phi) is 5.27. The number of amides is 1. The first-order valence-electron chi connectivity index (χ1n) is 10.00. The molecule has 0 saturated carbocycles. The van der Waals surface area contributed by atoms with Crippen LogP contribution in [-0.2, 0) is 6.54 Å². The van der Waals surface area contributed by atoms with Crippen molar-refractivity contribution < 1.29 is 9.53 Å². The third kappa shape index (κ3) is 3.54. The maximum atomic E-state index is 13.0. The van der Waals surface area contributed by atoms with Gasteiger partial charge in [0.05, 0.1) is 24.7 Å². The van der Waals surface area contributed by atoms with Gasteiger partial charge < -0.3 is 20.4 Å². The lowest BCUT2D eigenvalue weighted by Gasteiger charge is -2.12. The van der Waals surface area contributed by atoms with Crippen LogP contribution >= 0.6 is 0 Å². The summed E-state index contributed by atoms with van der Waals surface area (Å²) in [6.45, 7) is 4.45. The Balaban J connectivity index is 1.88. The average Bonchev–Trinajstić information content (AvgIpc) is 3.03. The molecule has 1 amide bonds. The molecular formula is C23H25N5O2. The van der Waals surface area contributed by atoms with Crippen LogP contribution in [0.2, 0.25) is 0 Å². The highest BCUT2D eigenvalue weighted by Crippen LogP contribution is 2.29. The molecule has 0 spiro atoms. The number of nitrogens with one attached hydrogen (secondary N) is 1. The molecule has 3 N–H and O–H groups in total. The van der Waals surface area contributed by atoms with E-state index >= 15 is 0 Å². The standard InChI is InChI=1S/C23H25N5O2/c1-4-14(2)25-23(29)19-20-22(27-18-8-6-5-7-17(18)26-20)28(21(19)24)13-15-9-11-16(30-3)12-10-15/h5-12,14H,4,13,24H2,1-3H3,(H,25,29)/t14-/m0/s1. The van der Waals surface area contributed by atoms with Gasteiger partial charge in [-0.2, -0.15) is 0 Å². The summed E-state index contributed by atoms with van der Waals surface area (Å²) in [6, 6.07) is 15.4. The molecule has 2 aromatic heterocycles. The number of nitrogen functional groups attached to an aromatic ring is 1. The number of benzene rings is 2. The summed E-state index contributed by atoms with van der Waals surface area (Å²) in [5, 5.41) is 3.00. The quantitative estimate of drug-likeness (QED) is 0.511. The molecule has 7 heteroatoms. The van der Waals surface area contributed by atoms with E-state index in [1.165, 1.54) is 0 Å². The van der Waals surface area contributed by atoms with E-state index in [1.807, 2.05) is 66.9 Å². The van der Waals surface area contributed by atoms with Crippen LogP contribution in [0, 0.1) is 0 Å². The molecule has 0 aliphatic carbocycles. The molecule has 2 aromatic carbocycles. The fourth-order valence-corrected chi connectivity index (χ4v) is 3.41. The number of aromatic nitrogens is 3. The first-order chi connectivity index (χ1) is 14.5. The fourth-order valence-electron chi connectivity index (χ4n) is 3.41. The number of nitrogens with zero attached hydrogens (tertiary/aromatic N) is 3. The molecule has 0 radical (unpaired) electrons. The van der Waals surface area contributed by atoms with Crippen LogP contribution in [0.1, 0.15) is 36.2 Å². The van der Waals surface area contributed by atoms with Crippen molar-refractivity contribution in [3.05, 3.63) is 59.7 Å². The van der Waals surface area contributed by atoms with Gasteiger partial charge in [0.1, 0.15) is 22.6 Å². The van der Waals surface area contributed by atoms with Crippen LogP contribution in [0.3, 0.4) is 0 Å². The van der Waals surface area contributed by atoms with Gasteiger partial charge in [-0.05, 0) is 43.2 Å². The molecule has 0 unspecified atom stereocenters. The molecule has 7 nitrogen and oxygen atoms in total. The van der Waals surface area contributed by atoms with E-state index in [2.05, 4.69) is 5.32 Å². The van der Waals surface area contributed by atoms with Gasteiger partial charge in [-0.25, -0.2) is 9.97 Å². The predicted molar refractivity (Wildman–Crippen MR) is 119 cm³/mol. The van der Waals surface area contributed by atoms with E-state index in [9.17, 15) is 4.79 Å². The highest BCUT2D eigenvalue weighted by Gasteiger charge is 2.24. The zero-order chi connectivity index (χ0) is 21.3. The van der Waals surface area contributed by atoms with Crippen molar-refractivity contribution >= 4 is 33.9 Å². The molecule has 4 rings (SSSR count). The lowest BCUT2D eigenvalue weighted by molar-refractivity contribution is 0.0941. The van der Waals surface area contributed by atoms with Gasteiger partial charge in [0, 0.05) is 6.04 Å². The van der Waals surface area contributed by atoms with E-state index in [4.69, 9.17) is 20.4 Å². The van der Waals surface area contributed by atoms with Gasteiger partial charge in [0.15, 0.2) is 5.65 Å². The predicted octanol–water partition coefficient (Wildman–Crippen LogP) is 3.75. The minimum Gasteiger partial charge on any atom is -0.497 e. The molecule has 0 saturated heterocycles. The SMILES string of the molecule is CC[C@H](C)NC(=O)c1c(N)n(Cc2ccc(OC)cc2)c2nc3ccccc3nc12. The van der Waals surface area contributed by atoms with Gasteiger partial charge in [-0.3, -0.25) is 4.79 Å². The number of hydrogen-bond donors (Lipinski definition) is 2. The summed E-state index contributed by atoms with van der Waals surface area (Å²) in [6.07, 6.45) is 0.824. The minimum atomic E-state index is -0.232. The highest BCUT2D eigenvalue weighted by atomic mass is 16.5. The number of ether oxygens (including phenoxy) is 1. The lowest BCUT2D eigenvalue weighted by atomic mass is 10.2. The Labute approximate surface area is 174 Å². The summed E-state index contributed by atoms with van der Waals surface area (Å²) < 4.78 is 7.09. The monoisotopic (exact) mass is 403 g/mol. The van der Waals surface area contributed by atoms with Gasteiger partial charge in [-0.15, -0.1) is 0 Å². The Morgan fingerprint density at radius 1 is 1.13 bits per heavy atom. The highest BCUT2D eigenvalue weighted by molar-refractivity contribution is 6.10. The number of para-hydroxylation sites is 2. The minimum absolute atomic E-state index is 0.0327. The van der Waals surface area contributed by atoms with Crippen LogP contribution in [0.15, 0.2) is 48.5 Å². The number of hydrogen-bond acceptors (Lipinski definition) is 5. The van der Waals surface area contributed by atoms with Crippen molar-refractivity contribution in [1.82, 2.24) is 19.9 Å². The number of carbonyl (C=O) groups excluding carboxylic acids is 1. The third-order valence-electron chi connectivity index (χ3n) is 5.31. The second-order valence-electron chi connectivity index (χ2n) is 7.36. The maximum absolute atomic E-state index is 13.0. The van der Waals surface area contributed by atoms with Crippen molar-refractivity contribution in [2.45, 2.75) is 32.9 Å². The molecule has 0 aliphatic rings. The topological polar surface area (TPSA) is 95.1 Å². The fraction of sp³-hybridized carbons (Fsp3) is 0.261. The lowest BCUT2D eigenvalue weighted by Crippen LogP contribution is -2.32. The Hall–Kier alpha value is -3.61. The number of nitrogens with two attached hydrogens (primary N) is 1. The number of carbonyl (C=O) groups is 1. The third-order valence-corrected chi connectivity index (χ3v) is 5.31. The molecule has 2 heterocycles. The first kappa shape index (κ1) is 19.7. The second kappa shape index (κ2) is 8.02. The molecule has 0 aliphatic heterocycles. The maximum Gasteiger partial charge on any atom is 0.257 e. The summed E-state index contributed by atoms with van der Waals surface area (Å²) in [7, 11) is 1.63. The first-order valence-corrected chi connectivity index (χ1v) is 10.00. The Morgan fingerprint density at radius 3 is 2.43 bits per heavy atom. The van der Waals surface area contributed by atoms with E-state index in [1.54, 1.807) is 7.11 Å². The molecule has 30 heavy (non-hydrogen) atoms. The number of methoxy groups -OCH3 is 1. The summed E-state index contributed by atoms with van der Waals surface area (Å²) >= 11 is 0. The molecule has 154 valence electrons. The van der Waals surface area contributed by atoms with E-state index < -0.39 is 0 Å². The largest absolute Gasteiger partial charge is 0.497 e. The average molecular weight is 403 g/mol. The van der Waals surface area contributed by atoms with Crippen LogP contribution in [0.4, 0.5) is 5.82 Å². The zero-order valence-corrected chi connectivity index (χ0v) is 17.3. The van der Waals surface area contributed by atoms with Crippen molar-refractivity contribution in [2.75, 3.05) is 12.8 Å².